The number of nitrogens with one attached hydrogen (secondary N) is 1. The largest absolute Gasteiger partial charge is 0.306 e. The molecule has 0 amide bonds. The molecule has 2 heterocycles. The van der Waals surface area contributed by atoms with Crippen LogP contribution < -0.4 is 10.5 Å². The van der Waals surface area contributed by atoms with Crippen LogP contribution in [-0.4, -0.2) is 29.1 Å². The van der Waals surface area contributed by atoms with E-state index in [1.807, 2.05) is 0 Å². The Morgan fingerprint density at radius 2 is 2.26 bits per heavy atom. The van der Waals surface area contributed by atoms with Crippen LogP contribution in [0.3, 0.4) is 0 Å². The highest BCUT2D eigenvalue weighted by Gasteiger charge is 2.34. The molecule has 1 atom stereocenters. The lowest BCUT2D eigenvalue weighted by Gasteiger charge is -2.22. The Bertz CT molecular complexity index is 703. The lowest BCUT2D eigenvalue weighted by atomic mass is 10.1. The fourth-order valence-electron chi connectivity index (χ4n) is 1.95. The van der Waals surface area contributed by atoms with Gasteiger partial charge in [-0.25, -0.2) is 22.0 Å². The van der Waals surface area contributed by atoms with Crippen molar-refractivity contribution in [1.29, 1.82) is 0 Å². The standard InChI is InChI=1S/C10H14N2O4S3/c1-2-4-12-8-3-5-18(13,14)10-7(8)6-9(17-10)19(11,15)16/h2,6,8,12H,1,3-5H2,(H2,11,15,16)/t8-/m0/s1. The van der Waals surface area contributed by atoms with Crippen molar-refractivity contribution in [1.82, 2.24) is 5.32 Å². The molecular formula is C10H14N2O4S3. The predicted octanol–water partition coefficient (Wildman–Crippen LogP) is 0.390. The number of rotatable bonds is 4. The molecule has 1 aliphatic rings. The van der Waals surface area contributed by atoms with Crippen LogP contribution >= 0.6 is 11.3 Å². The van der Waals surface area contributed by atoms with E-state index in [0.717, 1.165) is 11.3 Å². The summed E-state index contributed by atoms with van der Waals surface area (Å²) in [4.78, 5) is 0. The molecule has 3 N–H and O–H groups in total. The van der Waals surface area contributed by atoms with E-state index in [0.29, 0.717) is 18.5 Å². The van der Waals surface area contributed by atoms with E-state index in [9.17, 15) is 16.8 Å². The molecule has 6 nitrogen and oxygen atoms in total. The first-order valence-corrected chi connectivity index (χ1v) is 9.51. The third kappa shape index (κ3) is 2.90. The Morgan fingerprint density at radius 1 is 1.58 bits per heavy atom. The molecule has 2 rings (SSSR count). The maximum absolute atomic E-state index is 12.0. The molecule has 0 bridgehead atoms. The van der Waals surface area contributed by atoms with Gasteiger partial charge in [-0.05, 0) is 12.5 Å². The van der Waals surface area contributed by atoms with Gasteiger partial charge < -0.3 is 5.32 Å². The van der Waals surface area contributed by atoms with Crippen molar-refractivity contribution in [2.75, 3.05) is 12.3 Å². The highest BCUT2D eigenvalue weighted by Crippen LogP contribution is 2.39. The van der Waals surface area contributed by atoms with Crippen molar-refractivity contribution in [3.63, 3.8) is 0 Å². The van der Waals surface area contributed by atoms with Gasteiger partial charge in [0.05, 0.1) is 5.75 Å². The lowest BCUT2D eigenvalue weighted by molar-refractivity contribution is 0.518. The second-order valence-electron chi connectivity index (χ2n) is 4.21. The van der Waals surface area contributed by atoms with Crippen LogP contribution in [0.1, 0.15) is 18.0 Å². The van der Waals surface area contributed by atoms with Crippen molar-refractivity contribution < 1.29 is 16.8 Å². The molecule has 0 spiro atoms. The predicted molar refractivity (Wildman–Crippen MR) is 73.3 cm³/mol. The van der Waals surface area contributed by atoms with Crippen molar-refractivity contribution in [2.24, 2.45) is 5.14 Å². The summed E-state index contributed by atoms with van der Waals surface area (Å²) >= 11 is 0.720. The smallest absolute Gasteiger partial charge is 0.247 e. The quantitative estimate of drug-likeness (QED) is 0.780. The topological polar surface area (TPSA) is 106 Å². The molecule has 19 heavy (non-hydrogen) atoms. The molecule has 0 fully saturated rings. The number of hydrogen-bond acceptors (Lipinski definition) is 6. The van der Waals surface area contributed by atoms with Gasteiger partial charge in [-0.3, -0.25) is 0 Å². The first-order chi connectivity index (χ1) is 8.75. The average Bonchev–Trinajstić information content (AvgIpc) is 2.74. The second kappa shape index (κ2) is 4.98. The third-order valence-electron chi connectivity index (χ3n) is 2.82. The summed E-state index contributed by atoms with van der Waals surface area (Å²) in [6.45, 7) is 4.10. The first-order valence-electron chi connectivity index (χ1n) is 5.49. The summed E-state index contributed by atoms with van der Waals surface area (Å²) < 4.78 is 46.6. The van der Waals surface area contributed by atoms with Crippen molar-refractivity contribution in [3.8, 4) is 0 Å². The molecule has 0 saturated heterocycles. The molecule has 0 unspecified atom stereocenters. The maximum atomic E-state index is 12.0. The van der Waals surface area contributed by atoms with Crippen LogP contribution in [0, 0.1) is 0 Å². The molecule has 106 valence electrons. The zero-order valence-corrected chi connectivity index (χ0v) is 12.4. The molecule has 9 heteroatoms. The van der Waals surface area contributed by atoms with Crippen LogP contribution in [0.15, 0.2) is 27.1 Å². The fourth-order valence-corrected chi connectivity index (χ4v) is 6.12. The fraction of sp³-hybridized carbons (Fsp3) is 0.400. The minimum absolute atomic E-state index is 0.000613. The van der Waals surface area contributed by atoms with Crippen molar-refractivity contribution >= 4 is 31.2 Å². The van der Waals surface area contributed by atoms with E-state index < -0.39 is 19.9 Å². The summed E-state index contributed by atoms with van der Waals surface area (Å²) in [6.07, 6.45) is 2.07. The Labute approximate surface area is 116 Å². The first kappa shape index (κ1) is 14.7. The molecule has 1 aliphatic heterocycles. The van der Waals surface area contributed by atoms with Crippen LogP contribution in [0.2, 0.25) is 0 Å². The van der Waals surface area contributed by atoms with Gasteiger partial charge in [-0.1, -0.05) is 6.08 Å². The van der Waals surface area contributed by atoms with E-state index in [2.05, 4.69) is 11.9 Å². The molecule has 0 saturated carbocycles. The van der Waals surface area contributed by atoms with Crippen molar-refractivity contribution in [3.05, 3.63) is 24.3 Å². The Kier molecular flexibility index (Phi) is 3.85. The summed E-state index contributed by atoms with van der Waals surface area (Å²) in [7, 11) is -7.29. The van der Waals surface area contributed by atoms with E-state index in [1.54, 1.807) is 6.08 Å². The van der Waals surface area contributed by atoms with Gasteiger partial charge in [0.2, 0.25) is 10.0 Å². The van der Waals surface area contributed by atoms with Crippen molar-refractivity contribution in [2.45, 2.75) is 20.9 Å². The summed E-state index contributed by atoms with van der Waals surface area (Å²) in [6, 6.07) is 1.16. The SMILES string of the molecule is C=CCN[C@H]1CCS(=O)(=O)c2sc(S(N)(=O)=O)cc21. The summed E-state index contributed by atoms with van der Waals surface area (Å²) in [5, 5.41) is 8.17. The number of hydrogen-bond donors (Lipinski definition) is 2. The normalized spacial score (nSPS) is 21.8. The minimum atomic E-state index is -3.88. The zero-order chi connectivity index (χ0) is 14.3. The van der Waals surface area contributed by atoms with Crippen LogP contribution in [-0.2, 0) is 19.9 Å². The van der Waals surface area contributed by atoms with E-state index in [-0.39, 0.29) is 20.2 Å². The highest BCUT2D eigenvalue weighted by atomic mass is 32.3. The Hall–Kier alpha value is -0.740. The molecular weight excluding hydrogens is 308 g/mol. The molecule has 1 aromatic rings. The number of nitrogens with two attached hydrogens (primary N) is 1. The number of sulfonamides is 1. The van der Waals surface area contributed by atoms with Gasteiger partial charge in [0.25, 0.3) is 0 Å². The van der Waals surface area contributed by atoms with Crippen LogP contribution in [0.4, 0.5) is 0 Å². The van der Waals surface area contributed by atoms with Gasteiger partial charge in [0, 0.05) is 18.2 Å². The average molecular weight is 322 g/mol. The Balaban J connectivity index is 2.53. The van der Waals surface area contributed by atoms with Gasteiger partial charge in [-0.15, -0.1) is 17.9 Å². The second-order valence-corrected chi connectivity index (χ2v) is 9.36. The van der Waals surface area contributed by atoms with E-state index >= 15 is 0 Å². The van der Waals surface area contributed by atoms with Gasteiger partial charge in [0.1, 0.15) is 8.42 Å². The Morgan fingerprint density at radius 3 is 2.84 bits per heavy atom. The van der Waals surface area contributed by atoms with E-state index in [4.69, 9.17) is 5.14 Å². The number of fused-ring (bicyclic) bond motifs is 1. The number of sulfone groups is 1. The number of thiophene rings is 1. The maximum Gasteiger partial charge on any atom is 0.247 e. The lowest BCUT2D eigenvalue weighted by Crippen LogP contribution is -2.28. The van der Waals surface area contributed by atoms with Gasteiger partial charge in [0.15, 0.2) is 9.84 Å². The monoisotopic (exact) mass is 322 g/mol. The third-order valence-corrected chi connectivity index (χ3v) is 7.78. The molecule has 1 aromatic heterocycles. The molecule has 0 aliphatic carbocycles. The van der Waals surface area contributed by atoms with Crippen LogP contribution in [0.25, 0.3) is 0 Å². The van der Waals surface area contributed by atoms with Crippen LogP contribution in [0.5, 0.6) is 0 Å². The van der Waals surface area contributed by atoms with Gasteiger partial charge >= 0.3 is 0 Å². The molecule has 0 radical (unpaired) electrons. The summed E-state index contributed by atoms with van der Waals surface area (Å²) in [5.41, 5.74) is 0.488. The summed E-state index contributed by atoms with van der Waals surface area (Å²) in [5.74, 6) is -0.000613. The zero-order valence-electron chi connectivity index (χ0n) is 10.00. The number of primary sulfonamides is 1. The van der Waals surface area contributed by atoms with E-state index in [1.165, 1.54) is 6.07 Å². The highest BCUT2D eigenvalue weighted by molar-refractivity contribution is 7.95. The van der Waals surface area contributed by atoms with Gasteiger partial charge in [-0.2, -0.15) is 0 Å². The minimum Gasteiger partial charge on any atom is -0.306 e. The molecule has 0 aromatic carbocycles.